The number of aryl methyl sites for hydroxylation is 1. The second kappa shape index (κ2) is 5.15. The molecule has 0 bridgehead atoms. The van der Waals surface area contributed by atoms with Gasteiger partial charge in [0.25, 0.3) is 0 Å². The van der Waals surface area contributed by atoms with Gasteiger partial charge in [0.05, 0.1) is 13.2 Å². The normalized spacial score (nSPS) is 13.5. The van der Waals surface area contributed by atoms with E-state index < -0.39 is 0 Å². The van der Waals surface area contributed by atoms with Gasteiger partial charge in [0.15, 0.2) is 0 Å². The minimum Gasteiger partial charge on any atom is -0.392 e. The number of aliphatic hydroxyl groups is 1. The van der Waals surface area contributed by atoms with E-state index in [2.05, 4.69) is 36.2 Å². The summed E-state index contributed by atoms with van der Waals surface area (Å²) in [5.41, 5.74) is 0. The molecule has 3 nitrogen and oxygen atoms in total. The Morgan fingerprint density at radius 1 is 1.43 bits per heavy atom. The van der Waals surface area contributed by atoms with Crippen LogP contribution < -0.4 is 4.57 Å². The average Bonchev–Trinajstić information content (AvgIpc) is 2.62. The molecule has 1 aromatic heterocycles. The molecule has 0 radical (unpaired) electrons. The Bertz CT molecular complexity index is 268. The molecule has 1 atom stereocenters. The lowest BCUT2D eigenvalue weighted by Gasteiger charge is -2.12. The molecule has 0 aliphatic heterocycles. The van der Waals surface area contributed by atoms with Gasteiger partial charge < -0.3 is 5.11 Å². The minimum atomic E-state index is 0.219. The summed E-state index contributed by atoms with van der Waals surface area (Å²) in [6, 6.07) is 0.225. The Balaban J connectivity index is 2.68. The zero-order chi connectivity index (χ0) is 10.6. The van der Waals surface area contributed by atoms with Crippen LogP contribution in [0.3, 0.4) is 0 Å². The molecule has 0 aliphatic rings. The summed E-state index contributed by atoms with van der Waals surface area (Å²) in [5.74, 6) is 0.615. The molecule has 0 saturated carbocycles. The number of rotatable bonds is 5. The molecule has 0 amide bonds. The number of imidazole rings is 1. The van der Waals surface area contributed by atoms with Crippen LogP contribution in [0.2, 0.25) is 0 Å². The van der Waals surface area contributed by atoms with Crippen molar-refractivity contribution in [2.45, 2.75) is 39.8 Å². The second-order valence-electron chi connectivity index (χ2n) is 4.16. The van der Waals surface area contributed by atoms with Gasteiger partial charge in [-0.15, -0.1) is 0 Å². The summed E-state index contributed by atoms with van der Waals surface area (Å²) < 4.78 is 4.21. The molecule has 0 unspecified atom stereocenters. The lowest BCUT2D eigenvalue weighted by molar-refractivity contribution is -0.693. The lowest BCUT2D eigenvalue weighted by Crippen LogP contribution is -2.29. The molecule has 0 aromatic carbocycles. The third kappa shape index (κ3) is 2.84. The van der Waals surface area contributed by atoms with Crippen molar-refractivity contribution in [1.82, 2.24) is 4.57 Å². The van der Waals surface area contributed by atoms with E-state index in [1.54, 1.807) is 0 Å². The fourth-order valence-electron chi connectivity index (χ4n) is 1.65. The van der Waals surface area contributed by atoms with Crippen LogP contribution in [0, 0.1) is 5.92 Å². The largest absolute Gasteiger partial charge is 0.392 e. The Labute approximate surface area is 86.0 Å². The standard InChI is InChI=1S/C11H21N2O/c1-4-12-5-6-13(9-12)11(8-14)7-10(2)3/h5-6,9-11,14H,4,7-8H2,1-3H3/q+1/t11-/m1/s1. The third-order valence-electron chi connectivity index (χ3n) is 2.45. The Hall–Kier alpha value is -0.830. The molecule has 0 fully saturated rings. The first-order valence-corrected chi connectivity index (χ1v) is 5.34. The van der Waals surface area contributed by atoms with E-state index in [1.165, 1.54) is 0 Å². The van der Waals surface area contributed by atoms with Gasteiger partial charge in [-0.2, -0.15) is 0 Å². The van der Waals surface area contributed by atoms with Gasteiger partial charge in [-0.25, -0.2) is 9.13 Å². The number of hydrogen-bond donors (Lipinski definition) is 1. The summed E-state index contributed by atoms with van der Waals surface area (Å²) in [4.78, 5) is 0. The minimum absolute atomic E-state index is 0.219. The molecular weight excluding hydrogens is 176 g/mol. The molecule has 1 heterocycles. The monoisotopic (exact) mass is 197 g/mol. The topological polar surface area (TPSA) is 29.0 Å². The maximum absolute atomic E-state index is 9.28. The van der Waals surface area contributed by atoms with Crippen molar-refractivity contribution in [3.63, 3.8) is 0 Å². The summed E-state index contributed by atoms with van der Waals surface area (Å²) in [7, 11) is 0. The highest BCUT2D eigenvalue weighted by Gasteiger charge is 2.16. The molecule has 0 saturated heterocycles. The number of nitrogens with zero attached hydrogens (tertiary/aromatic N) is 2. The van der Waals surface area contributed by atoms with Crippen LogP contribution >= 0.6 is 0 Å². The van der Waals surface area contributed by atoms with Crippen LogP contribution in [0.5, 0.6) is 0 Å². The quantitative estimate of drug-likeness (QED) is 0.710. The van der Waals surface area contributed by atoms with E-state index in [4.69, 9.17) is 0 Å². The summed E-state index contributed by atoms with van der Waals surface area (Å²) in [6.07, 6.45) is 7.16. The SMILES string of the molecule is CC[n+]1ccn([C@@H](CO)CC(C)C)c1. The number of hydrogen-bond acceptors (Lipinski definition) is 1. The molecule has 3 heteroatoms. The van der Waals surface area contributed by atoms with Crippen molar-refractivity contribution in [1.29, 1.82) is 0 Å². The number of aromatic nitrogens is 2. The molecule has 0 spiro atoms. The zero-order valence-electron chi connectivity index (χ0n) is 9.35. The Morgan fingerprint density at radius 2 is 2.14 bits per heavy atom. The van der Waals surface area contributed by atoms with Crippen molar-refractivity contribution < 1.29 is 9.67 Å². The van der Waals surface area contributed by atoms with E-state index in [0.717, 1.165) is 13.0 Å². The molecule has 14 heavy (non-hydrogen) atoms. The van der Waals surface area contributed by atoms with Crippen LogP contribution in [-0.2, 0) is 6.54 Å². The maximum Gasteiger partial charge on any atom is 0.244 e. The predicted molar refractivity (Wildman–Crippen MR) is 55.9 cm³/mol. The highest BCUT2D eigenvalue weighted by atomic mass is 16.3. The Kier molecular flexibility index (Phi) is 4.14. The zero-order valence-corrected chi connectivity index (χ0v) is 9.35. The first-order valence-electron chi connectivity index (χ1n) is 5.34. The summed E-state index contributed by atoms with van der Waals surface area (Å²) >= 11 is 0. The highest BCUT2D eigenvalue weighted by Crippen LogP contribution is 2.15. The second-order valence-corrected chi connectivity index (χ2v) is 4.16. The predicted octanol–water partition coefficient (Wildman–Crippen LogP) is 1.37. The van der Waals surface area contributed by atoms with E-state index in [9.17, 15) is 5.11 Å². The van der Waals surface area contributed by atoms with E-state index in [0.29, 0.717) is 5.92 Å². The van der Waals surface area contributed by atoms with Gasteiger partial charge in [-0.05, 0) is 19.3 Å². The van der Waals surface area contributed by atoms with Gasteiger partial charge in [0.1, 0.15) is 18.4 Å². The van der Waals surface area contributed by atoms with Crippen molar-refractivity contribution in [2.75, 3.05) is 6.61 Å². The van der Waals surface area contributed by atoms with Crippen LogP contribution in [0.1, 0.15) is 33.2 Å². The summed E-state index contributed by atoms with van der Waals surface area (Å²) in [5, 5.41) is 9.28. The summed E-state index contributed by atoms with van der Waals surface area (Å²) in [6.45, 7) is 7.67. The van der Waals surface area contributed by atoms with E-state index in [-0.39, 0.29) is 12.6 Å². The first kappa shape index (κ1) is 11.2. The average molecular weight is 197 g/mol. The van der Waals surface area contributed by atoms with Crippen LogP contribution in [0.25, 0.3) is 0 Å². The van der Waals surface area contributed by atoms with Crippen molar-refractivity contribution in [3.8, 4) is 0 Å². The van der Waals surface area contributed by atoms with Gasteiger partial charge in [-0.1, -0.05) is 13.8 Å². The molecule has 0 aliphatic carbocycles. The molecule has 1 N–H and O–H groups in total. The van der Waals surface area contributed by atoms with Crippen LogP contribution in [-0.4, -0.2) is 16.3 Å². The third-order valence-corrected chi connectivity index (χ3v) is 2.45. The fraction of sp³-hybridized carbons (Fsp3) is 0.727. The molecular formula is C11H21N2O+. The fourth-order valence-corrected chi connectivity index (χ4v) is 1.65. The van der Waals surface area contributed by atoms with Gasteiger partial charge in [0, 0.05) is 0 Å². The number of aliphatic hydroxyl groups excluding tert-OH is 1. The van der Waals surface area contributed by atoms with Crippen molar-refractivity contribution in [3.05, 3.63) is 18.7 Å². The molecule has 1 rings (SSSR count). The molecule has 80 valence electrons. The van der Waals surface area contributed by atoms with Gasteiger partial charge >= 0.3 is 0 Å². The van der Waals surface area contributed by atoms with Crippen molar-refractivity contribution >= 4 is 0 Å². The van der Waals surface area contributed by atoms with Gasteiger partial charge in [0.2, 0.25) is 6.33 Å². The van der Waals surface area contributed by atoms with Crippen LogP contribution in [0.4, 0.5) is 0 Å². The Morgan fingerprint density at radius 3 is 2.57 bits per heavy atom. The molecule has 1 aromatic rings. The first-order chi connectivity index (χ1) is 6.67. The lowest BCUT2D eigenvalue weighted by atomic mass is 10.0. The van der Waals surface area contributed by atoms with E-state index in [1.807, 2.05) is 12.4 Å². The highest BCUT2D eigenvalue weighted by molar-refractivity contribution is 4.75. The van der Waals surface area contributed by atoms with Crippen LogP contribution in [0.15, 0.2) is 18.7 Å². The van der Waals surface area contributed by atoms with E-state index >= 15 is 0 Å². The van der Waals surface area contributed by atoms with Crippen molar-refractivity contribution in [2.24, 2.45) is 5.92 Å². The maximum atomic E-state index is 9.28. The smallest absolute Gasteiger partial charge is 0.244 e. The van der Waals surface area contributed by atoms with Gasteiger partial charge in [-0.3, -0.25) is 0 Å².